The molecule has 0 bridgehead atoms. The standard InChI is InChI=1S/C23H17F3N2O2/c1-15-2-9-20(21(24)10-15)22(14-29-22)23(25,26)11-17-5-8-19(13-28-17)30-18-6-3-16(12-27)4-7-18/h2-10,13H,11,14H2,1H3. The first-order valence-corrected chi connectivity index (χ1v) is 9.24. The van der Waals surface area contributed by atoms with Crippen molar-refractivity contribution in [2.75, 3.05) is 6.61 Å². The second kappa shape index (κ2) is 7.47. The molecule has 1 saturated heterocycles. The van der Waals surface area contributed by atoms with E-state index in [4.69, 9.17) is 14.7 Å². The van der Waals surface area contributed by atoms with Crippen LogP contribution in [0.3, 0.4) is 0 Å². The van der Waals surface area contributed by atoms with Crippen molar-refractivity contribution >= 4 is 0 Å². The third kappa shape index (κ3) is 3.74. The zero-order valence-electron chi connectivity index (χ0n) is 16.0. The van der Waals surface area contributed by atoms with Crippen LogP contribution in [0.5, 0.6) is 11.5 Å². The predicted molar refractivity (Wildman–Crippen MR) is 103 cm³/mol. The number of nitriles is 1. The number of hydrogen-bond donors (Lipinski definition) is 0. The van der Waals surface area contributed by atoms with E-state index < -0.39 is 23.8 Å². The molecule has 2 heterocycles. The van der Waals surface area contributed by atoms with Gasteiger partial charge in [0.15, 0.2) is 5.60 Å². The van der Waals surface area contributed by atoms with Crippen LogP contribution in [0.2, 0.25) is 0 Å². The summed E-state index contributed by atoms with van der Waals surface area (Å²) in [5.41, 5.74) is -0.827. The molecule has 1 aliphatic heterocycles. The molecule has 1 aromatic heterocycles. The van der Waals surface area contributed by atoms with Gasteiger partial charge in [-0.25, -0.2) is 13.2 Å². The van der Waals surface area contributed by atoms with E-state index in [-0.39, 0.29) is 17.9 Å². The van der Waals surface area contributed by atoms with Gasteiger partial charge in [-0.3, -0.25) is 4.98 Å². The number of aryl methyl sites for hydroxylation is 1. The van der Waals surface area contributed by atoms with Crippen molar-refractivity contribution < 1.29 is 22.6 Å². The lowest BCUT2D eigenvalue weighted by atomic mass is 9.89. The number of nitrogens with zero attached hydrogens (tertiary/aromatic N) is 2. The molecule has 0 N–H and O–H groups in total. The van der Waals surface area contributed by atoms with Crippen LogP contribution in [0.25, 0.3) is 0 Å². The lowest BCUT2D eigenvalue weighted by Gasteiger charge is -2.24. The van der Waals surface area contributed by atoms with Crippen LogP contribution >= 0.6 is 0 Å². The Morgan fingerprint density at radius 1 is 1.13 bits per heavy atom. The molecule has 3 aromatic rings. The second-order valence-corrected chi connectivity index (χ2v) is 7.20. The molecule has 0 aliphatic carbocycles. The van der Waals surface area contributed by atoms with Gasteiger partial charge < -0.3 is 9.47 Å². The molecule has 1 fully saturated rings. The minimum absolute atomic E-state index is 0.134. The van der Waals surface area contributed by atoms with Crippen LogP contribution in [-0.4, -0.2) is 17.5 Å². The van der Waals surface area contributed by atoms with Gasteiger partial charge in [0.1, 0.15) is 17.3 Å². The molecule has 2 aromatic carbocycles. The lowest BCUT2D eigenvalue weighted by Crippen LogP contribution is -2.38. The van der Waals surface area contributed by atoms with E-state index in [0.29, 0.717) is 22.6 Å². The number of alkyl halides is 2. The summed E-state index contributed by atoms with van der Waals surface area (Å²) in [7, 11) is 0. The van der Waals surface area contributed by atoms with Crippen LogP contribution in [0.4, 0.5) is 13.2 Å². The summed E-state index contributed by atoms with van der Waals surface area (Å²) in [6, 6.07) is 15.6. The fourth-order valence-corrected chi connectivity index (χ4v) is 3.26. The maximum atomic E-state index is 15.0. The number of benzene rings is 2. The van der Waals surface area contributed by atoms with Crippen LogP contribution in [-0.2, 0) is 16.8 Å². The van der Waals surface area contributed by atoms with Crippen LogP contribution in [0.15, 0.2) is 60.8 Å². The molecule has 152 valence electrons. The number of rotatable bonds is 6. The minimum atomic E-state index is -3.34. The zero-order chi connectivity index (χ0) is 21.4. The van der Waals surface area contributed by atoms with E-state index in [1.807, 2.05) is 6.07 Å². The Hall–Kier alpha value is -3.37. The molecule has 0 saturated carbocycles. The van der Waals surface area contributed by atoms with Gasteiger partial charge in [-0.15, -0.1) is 0 Å². The van der Waals surface area contributed by atoms with Gasteiger partial charge in [0, 0.05) is 11.3 Å². The van der Waals surface area contributed by atoms with Crippen molar-refractivity contribution in [2.45, 2.75) is 24.9 Å². The molecule has 4 rings (SSSR count). The molecule has 1 aliphatic rings. The summed E-state index contributed by atoms with van der Waals surface area (Å²) < 4.78 is 55.1. The first-order chi connectivity index (χ1) is 14.3. The average Bonchev–Trinajstić information content (AvgIpc) is 3.52. The Bertz CT molecular complexity index is 1100. The van der Waals surface area contributed by atoms with Gasteiger partial charge in [0.05, 0.1) is 30.9 Å². The van der Waals surface area contributed by atoms with Crippen molar-refractivity contribution in [3.8, 4) is 17.6 Å². The van der Waals surface area contributed by atoms with Crippen LogP contribution in [0.1, 0.15) is 22.4 Å². The van der Waals surface area contributed by atoms with E-state index >= 15 is 8.78 Å². The molecular weight excluding hydrogens is 393 g/mol. The molecule has 30 heavy (non-hydrogen) atoms. The lowest BCUT2D eigenvalue weighted by molar-refractivity contribution is -0.0793. The fourth-order valence-electron chi connectivity index (χ4n) is 3.26. The Morgan fingerprint density at radius 2 is 1.83 bits per heavy atom. The van der Waals surface area contributed by atoms with Gasteiger partial charge in [-0.2, -0.15) is 5.26 Å². The largest absolute Gasteiger partial charge is 0.456 e. The van der Waals surface area contributed by atoms with Gasteiger partial charge in [0.25, 0.3) is 5.92 Å². The number of ether oxygens (including phenoxy) is 2. The number of aromatic nitrogens is 1. The van der Waals surface area contributed by atoms with Crippen molar-refractivity contribution in [1.82, 2.24) is 4.98 Å². The fraction of sp³-hybridized carbons (Fsp3) is 0.217. The topological polar surface area (TPSA) is 58.4 Å². The highest BCUT2D eigenvalue weighted by Gasteiger charge is 2.66. The van der Waals surface area contributed by atoms with Crippen molar-refractivity contribution in [3.63, 3.8) is 0 Å². The molecule has 7 heteroatoms. The van der Waals surface area contributed by atoms with E-state index in [1.54, 1.807) is 37.3 Å². The Balaban J connectivity index is 1.49. The van der Waals surface area contributed by atoms with E-state index in [1.165, 1.54) is 30.5 Å². The molecule has 0 radical (unpaired) electrons. The summed E-state index contributed by atoms with van der Waals surface area (Å²) in [4.78, 5) is 4.06. The van der Waals surface area contributed by atoms with Gasteiger partial charge in [-0.05, 0) is 55.0 Å². The molecule has 0 amide bonds. The number of hydrogen-bond acceptors (Lipinski definition) is 4. The van der Waals surface area contributed by atoms with E-state index in [0.717, 1.165) is 0 Å². The Labute approximate surface area is 171 Å². The van der Waals surface area contributed by atoms with Crippen molar-refractivity contribution in [2.24, 2.45) is 0 Å². The number of epoxide rings is 1. The van der Waals surface area contributed by atoms with Gasteiger partial charge in [-0.1, -0.05) is 12.1 Å². The molecule has 4 nitrogen and oxygen atoms in total. The van der Waals surface area contributed by atoms with Gasteiger partial charge >= 0.3 is 0 Å². The Morgan fingerprint density at radius 3 is 2.40 bits per heavy atom. The Kier molecular flexibility index (Phi) is 4.96. The van der Waals surface area contributed by atoms with Gasteiger partial charge in [0.2, 0.25) is 0 Å². The maximum absolute atomic E-state index is 15.0. The molecule has 1 unspecified atom stereocenters. The summed E-state index contributed by atoms with van der Waals surface area (Å²) in [6.07, 6.45) is 0.647. The van der Waals surface area contributed by atoms with Crippen LogP contribution in [0, 0.1) is 24.1 Å². The van der Waals surface area contributed by atoms with E-state index in [9.17, 15) is 4.39 Å². The molecule has 0 spiro atoms. The van der Waals surface area contributed by atoms with Crippen LogP contribution < -0.4 is 4.74 Å². The quantitative estimate of drug-likeness (QED) is 0.518. The SMILES string of the molecule is Cc1ccc(C2(C(F)(F)Cc3ccc(Oc4ccc(C#N)cc4)cn3)CO2)c(F)c1. The normalized spacial score (nSPS) is 18.0. The third-order valence-electron chi connectivity index (χ3n) is 5.00. The second-order valence-electron chi connectivity index (χ2n) is 7.20. The third-order valence-corrected chi connectivity index (χ3v) is 5.00. The highest BCUT2D eigenvalue weighted by molar-refractivity contribution is 5.38. The summed E-state index contributed by atoms with van der Waals surface area (Å²) >= 11 is 0. The molecular formula is C23H17F3N2O2. The zero-order valence-corrected chi connectivity index (χ0v) is 16.0. The highest BCUT2D eigenvalue weighted by atomic mass is 19.3. The first-order valence-electron chi connectivity index (χ1n) is 9.24. The minimum Gasteiger partial charge on any atom is -0.456 e. The van der Waals surface area contributed by atoms with Crippen molar-refractivity contribution in [3.05, 3.63) is 89.0 Å². The smallest absolute Gasteiger partial charge is 0.288 e. The monoisotopic (exact) mass is 410 g/mol. The van der Waals surface area contributed by atoms with Crippen molar-refractivity contribution in [1.29, 1.82) is 5.26 Å². The predicted octanol–water partition coefficient (Wildman–Crippen LogP) is 5.30. The summed E-state index contributed by atoms with van der Waals surface area (Å²) in [5.74, 6) is -3.18. The summed E-state index contributed by atoms with van der Waals surface area (Å²) in [5, 5.41) is 8.81. The summed E-state index contributed by atoms with van der Waals surface area (Å²) in [6.45, 7) is 1.44. The number of pyridine rings is 1. The highest BCUT2D eigenvalue weighted by Crippen LogP contribution is 2.53. The maximum Gasteiger partial charge on any atom is 0.288 e. The average molecular weight is 410 g/mol. The first kappa shape index (κ1) is 19.9. The number of halogens is 3. The van der Waals surface area contributed by atoms with E-state index in [2.05, 4.69) is 4.98 Å². The molecule has 1 atom stereocenters.